The highest BCUT2D eigenvalue weighted by molar-refractivity contribution is 7.10. The zero-order chi connectivity index (χ0) is 14.7. The molecule has 1 aliphatic rings. The van der Waals surface area contributed by atoms with Crippen molar-refractivity contribution in [1.29, 1.82) is 0 Å². The minimum Gasteiger partial charge on any atom is -0.396 e. The van der Waals surface area contributed by atoms with Gasteiger partial charge in [-0.3, -0.25) is 4.68 Å². The lowest BCUT2D eigenvalue weighted by molar-refractivity contribution is 0.00567. The summed E-state index contributed by atoms with van der Waals surface area (Å²) < 4.78 is 1.84. The first-order chi connectivity index (χ1) is 10.3. The van der Waals surface area contributed by atoms with E-state index in [1.165, 1.54) is 11.3 Å². The van der Waals surface area contributed by atoms with Crippen LogP contribution >= 0.6 is 11.3 Å². The average Bonchev–Trinajstić information content (AvgIpc) is 3.12. The van der Waals surface area contributed by atoms with E-state index >= 15 is 0 Å². The van der Waals surface area contributed by atoms with Gasteiger partial charge in [-0.25, -0.2) is 0 Å². The van der Waals surface area contributed by atoms with Crippen molar-refractivity contribution in [2.75, 3.05) is 6.61 Å². The summed E-state index contributed by atoms with van der Waals surface area (Å²) in [5.41, 5.74) is 0.942. The molecule has 1 saturated carbocycles. The molecular formula is C15H22N4OS. The SMILES string of the molecule is CCn1cc(CNC(c2cccs2)C2(CO)CCC2)nn1. The van der Waals surface area contributed by atoms with Crippen molar-refractivity contribution < 1.29 is 5.11 Å². The summed E-state index contributed by atoms with van der Waals surface area (Å²) in [7, 11) is 0. The summed E-state index contributed by atoms with van der Waals surface area (Å²) in [4.78, 5) is 1.30. The van der Waals surface area contributed by atoms with Crippen LogP contribution < -0.4 is 5.32 Å². The Labute approximate surface area is 129 Å². The maximum Gasteiger partial charge on any atom is 0.0965 e. The predicted molar refractivity (Wildman–Crippen MR) is 83.0 cm³/mol. The molecule has 0 aromatic carbocycles. The van der Waals surface area contributed by atoms with Gasteiger partial charge in [0.15, 0.2) is 0 Å². The minimum absolute atomic E-state index is 0.00833. The molecule has 0 aliphatic heterocycles. The second kappa shape index (κ2) is 6.25. The lowest BCUT2D eigenvalue weighted by atomic mass is 9.64. The van der Waals surface area contributed by atoms with Crippen molar-refractivity contribution in [3.63, 3.8) is 0 Å². The number of aliphatic hydroxyl groups excluding tert-OH is 1. The number of thiophene rings is 1. The van der Waals surface area contributed by atoms with Crippen LogP contribution in [0.4, 0.5) is 0 Å². The van der Waals surface area contributed by atoms with E-state index in [4.69, 9.17) is 0 Å². The number of hydrogen-bond donors (Lipinski definition) is 2. The third kappa shape index (κ3) is 2.88. The van der Waals surface area contributed by atoms with E-state index in [0.717, 1.165) is 25.1 Å². The van der Waals surface area contributed by atoms with Gasteiger partial charge in [-0.05, 0) is 31.2 Å². The number of nitrogens with one attached hydrogen (secondary N) is 1. The van der Waals surface area contributed by atoms with Crippen molar-refractivity contribution >= 4 is 11.3 Å². The Hall–Kier alpha value is -1.24. The molecular weight excluding hydrogens is 284 g/mol. The van der Waals surface area contributed by atoms with Gasteiger partial charge in [0, 0.05) is 35.6 Å². The lowest BCUT2D eigenvalue weighted by Gasteiger charge is -2.46. The number of nitrogens with zero attached hydrogens (tertiary/aromatic N) is 3. The summed E-state index contributed by atoms with van der Waals surface area (Å²) >= 11 is 1.75. The van der Waals surface area contributed by atoms with Gasteiger partial charge in [0.25, 0.3) is 0 Å². The molecule has 6 heteroatoms. The molecule has 2 N–H and O–H groups in total. The second-order valence-corrected chi connectivity index (χ2v) is 6.75. The Kier molecular flexibility index (Phi) is 4.37. The van der Waals surface area contributed by atoms with Gasteiger partial charge >= 0.3 is 0 Å². The van der Waals surface area contributed by atoms with E-state index in [9.17, 15) is 5.11 Å². The molecule has 5 nitrogen and oxygen atoms in total. The molecule has 1 aliphatic carbocycles. The van der Waals surface area contributed by atoms with Crippen molar-refractivity contribution in [2.24, 2.45) is 5.41 Å². The first kappa shape index (κ1) is 14.7. The molecule has 2 aromatic rings. The standard InChI is InChI=1S/C15H22N4OS/c1-2-19-10-12(17-18-19)9-16-14(13-5-3-8-21-13)15(11-20)6-4-7-15/h3,5,8,10,14,16,20H,2,4,6-7,9,11H2,1H3. The predicted octanol–water partition coefficient (Wildman–Crippen LogP) is 2.35. The van der Waals surface area contributed by atoms with Crippen LogP contribution in [0.2, 0.25) is 0 Å². The van der Waals surface area contributed by atoms with Crippen LogP contribution in [0.15, 0.2) is 23.7 Å². The fraction of sp³-hybridized carbons (Fsp3) is 0.600. The number of rotatable bonds is 7. The topological polar surface area (TPSA) is 63.0 Å². The Balaban J connectivity index is 1.73. The maximum atomic E-state index is 9.88. The molecule has 0 radical (unpaired) electrons. The van der Waals surface area contributed by atoms with Crippen LogP contribution in [-0.2, 0) is 13.1 Å². The molecule has 21 heavy (non-hydrogen) atoms. The molecule has 1 atom stereocenters. The van der Waals surface area contributed by atoms with E-state index < -0.39 is 0 Å². The number of aromatic nitrogens is 3. The van der Waals surface area contributed by atoms with Gasteiger partial charge in [0.05, 0.1) is 12.3 Å². The first-order valence-electron chi connectivity index (χ1n) is 7.54. The van der Waals surface area contributed by atoms with Crippen LogP contribution in [0, 0.1) is 5.41 Å². The summed E-state index contributed by atoms with van der Waals surface area (Å²) in [6.07, 6.45) is 5.35. The van der Waals surface area contributed by atoms with Crippen molar-refractivity contribution in [3.05, 3.63) is 34.3 Å². The fourth-order valence-electron chi connectivity index (χ4n) is 3.02. The van der Waals surface area contributed by atoms with Crippen LogP contribution in [0.3, 0.4) is 0 Å². The van der Waals surface area contributed by atoms with Gasteiger partial charge in [-0.1, -0.05) is 17.7 Å². The quantitative estimate of drug-likeness (QED) is 0.824. The second-order valence-electron chi connectivity index (χ2n) is 5.77. The molecule has 2 aromatic heterocycles. The monoisotopic (exact) mass is 306 g/mol. The van der Waals surface area contributed by atoms with Gasteiger partial charge < -0.3 is 10.4 Å². The molecule has 1 unspecified atom stereocenters. The highest BCUT2D eigenvalue weighted by atomic mass is 32.1. The number of aryl methyl sites for hydroxylation is 1. The van der Waals surface area contributed by atoms with Gasteiger partial charge in [-0.15, -0.1) is 16.4 Å². The Bertz CT molecular complexity index is 556. The Morgan fingerprint density at radius 1 is 1.52 bits per heavy atom. The summed E-state index contributed by atoms with van der Waals surface area (Å²) in [6, 6.07) is 4.43. The Morgan fingerprint density at radius 2 is 2.38 bits per heavy atom. The zero-order valence-corrected chi connectivity index (χ0v) is 13.1. The molecule has 2 heterocycles. The Morgan fingerprint density at radius 3 is 2.90 bits per heavy atom. The van der Waals surface area contributed by atoms with E-state index in [-0.39, 0.29) is 18.1 Å². The summed E-state index contributed by atoms with van der Waals surface area (Å²) in [5.74, 6) is 0. The number of aliphatic hydroxyl groups is 1. The third-order valence-electron chi connectivity index (χ3n) is 4.50. The molecule has 0 amide bonds. The van der Waals surface area contributed by atoms with Crippen molar-refractivity contribution in [2.45, 2.75) is 45.3 Å². The fourth-order valence-corrected chi connectivity index (χ4v) is 3.96. The smallest absolute Gasteiger partial charge is 0.0965 e. The van der Waals surface area contributed by atoms with Gasteiger partial charge in [-0.2, -0.15) is 0 Å². The largest absolute Gasteiger partial charge is 0.396 e. The van der Waals surface area contributed by atoms with E-state index in [1.54, 1.807) is 11.3 Å². The van der Waals surface area contributed by atoms with Gasteiger partial charge in [0.1, 0.15) is 0 Å². The average molecular weight is 306 g/mol. The molecule has 0 bridgehead atoms. The van der Waals surface area contributed by atoms with E-state index in [1.807, 2.05) is 10.9 Å². The molecule has 1 fully saturated rings. The number of hydrogen-bond acceptors (Lipinski definition) is 5. The van der Waals surface area contributed by atoms with Crippen LogP contribution in [0.25, 0.3) is 0 Å². The van der Waals surface area contributed by atoms with Crippen molar-refractivity contribution in [1.82, 2.24) is 20.3 Å². The zero-order valence-electron chi connectivity index (χ0n) is 12.3. The molecule has 3 rings (SSSR count). The highest BCUT2D eigenvalue weighted by Crippen LogP contribution is 2.50. The van der Waals surface area contributed by atoms with Crippen molar-refractivity contribution in [3.8, 4) is 0 Å². The summed E-state index contributed by atoms with van der Waals surface area (Å²) in [6.45, 7) is 3.81. The molecule has 0 saturated heterocycles. The third-order valence-corrected chi connectivity index (χ3v) is 5.44. The maximum absolute atomic E-state index is 9.88. The first-order valence-corrected chi connectivity index (χ1v) is 8.42. The highest BCUT2D eigenvalue weighted by Gasteiger charge is 2.44. The van der Waals surface area contributed by atoms with Gasteiger partial charge in [0.2, 0.25) is 0 Å². The normalized spacial score (nSPS) is 18.4. The van der Waals surface area contributed by atoms with Crippen LogP contribution in [0.5, 0.6) is 0 Å². The van der Waals surface area contributed by atoms with E-state index in [0.29, 0.717) is 6.54 Å². The van der Waals surface area contributed by atoms with Crippen LogP contribution in [-0.4, -0.2) is 26.7 Å². The molecule has 114 valence electrons. The molecule has 0 spiro atoms. The minimum atomic E-state index is -0.00833. The lowest BCUT2D eigenvalue weighted by Crippen LogP contribution is -2.45. The van der Waals surface area contributed by atoms with E-state index in [2.05, 4.69) is 40.1 Å². The summed E-state index contributed by atoms with van der Waals surface area (Å²) in [5, 5.41) is 23.8. The van der Waals surface area contributed by atoms with Crippen LogP contribution in [0.1, 0.15) is 42.8 Å².